The van der Waals surface area contributed by atoms with Crippen LogP contribution in [0.4, 0.5) is 8.78 Å². The second-order valence-corrected chi connectivity index (χ2v) is 5.52. The molecule has 0 aliphatic heterocycles. The first-order valence-corrected chi connectivity index (χ1v) is 7.04. The molecule has 0 aliphatic rings. The first-order valence-electron chi connectivity index (χ1n) is 5.87. The maximum atomic E-state index is 13.9. The van der Waals surface area contributed by atoms with Crippen molar-refractivity contribution in [3.63, 3.8) is 0 Å². The van der Waals surface area contributed by atoms with Gasteiger partial charge in [-0.05, 0) is 30.7 Å². The van der Waals surface area contributed by atoms with Gasteiger partial charge in [0, 0.05) is 20.6 Å². The van der Waals surface area contributed by atoms with Crippen molar-refractivity contribution in [2.24, 2.45) is 5.84 Å². The summed E-state index contributed by atoms with van der Waals surface area (Å²) in [6, 6.07) is 8.42. The quantitative estimate of drug-likeness (QED) is 0.635. The molecule has 1 atom stereocenters. The van der Waals surface area contributed by atoms with Crippen LogP contribution >= 0.6 is 27.5 Å². The number of rotatable bonds is 4. The Hall–Kier alpha value is -1.01. The van der Waals surface area contributed by atoms with Crippen LogP contribution in [-0.4, -0.2) is 0 Å². The molecule has 2 aromatic carbocycles. The SMILES string of the molecule is NNC(Cc1c(F)cccc1Cl)c1c(F)cccc1Br. The molecule has 0 bridgehead atoms. The molecule has 20 heavy (non-hydrogen) atoms. The van der Waals surface area contributed by atoms with Gasteiger partial charge in [-0.2, -0.15) is 0 Å². The van der Waals surface area contributed by atoms with Crippen molar-refractivity contribution in [3.05, 3.63) is 68.7 Å². The molecule has 0 spiro atoms. The van der Waals surface area contributed by atoms with Crippen molar-refractivity contribution in [1.29, 1.82) is 0 Å². The van der Waals surface area contributed by atoms with Crippen molar-refractivity contribution in [2.45, 2.75) is 12.5 Å². The van der Waals surface area contributed by atoms with Gasteiger partial charge in [0.2, 0.25) is 0 Å². The molecule has 6 heteroatoms. The predicted octanol–water partition coefficient (Wildman–Crippen LogP) is 4.13. The van der Waals surface area contributed by atoms with Crippen molar-refractivity contribution >= 4 is 27.5 Å². The summed E-state index contributed by atoms with van der Waals surface area (Å²) in [6.45, 7) is 0. The van der Waals surface area contributed by atoms with Gasteiger partial charge in [-0.25, -0.2) is 8.78 Å². The van der Waals surface area contributed by atoms with Crippen LogP contribution in [0.25, 0.3) is 0 Å². The van der Waals surface area contributed by atoms with Crippen LogP contribution in [0, 0.1) is 11.6 Å². The normalized spacial score (nSPS) is 12.4. The Labute approximate surface area is 129 Å². The first-order chi connectivity index (χ1) is 9.54. The third kappa shape index (κ3) is 3.17. The Morgan fingerprint density at radius 3 is 2.40 bits per heavy atom. The zero-order valence-electron chi connectivity index (χ0n) is 10.3. The lowest BCUT2D eigenvalue weighted by molar-refractivity contribution is 0.497. The van der Waals surface area contributed by atoms with Gasteiger partial charge >= 0.3 is 0 Å². The predicted molar refractivity (Wildman–Crippen MR) is 79.3 cm³/mol. The lowest BCUT2D eigenvalue weighted by Gasteiger charge is -2.19. The average molecular weight is 362 g/mol. The molecule has 2 rings (SSSR count). The molecule has 0 saturated carbocycles. The lowest BCUT2D eigenvalue weighted by atomic mass is 9.98. The Kier molecular flexibility index (Phi) is 5.10. The van der Waals surface area contributed by atoms with Crippen LogP contribution < -0.4 is 11.3 Å². The van der Waals surface area contributed by atoms with Crippen LogP contribution in [0.1, 0.15) is 17.2 Å². The van der Waals surface area contributed by atoms with Crippen LogP contribution in [0.3, 0.4) is 0 Å². The number of nitrogens with two attached hydrogens (primary N) is 1. The maximum absolute atomic E-state index is 13.9. The lowest BCUT2D eigenvalue weighted by Crippen LogP contribution is -2.31. The molecule has 3 N–H and O–H groups in total. The molecule has 0 amide bonds. The van der Waals surface area contributed by atoms with Gasteiger partial charge in [0.15, 0.2) is 0 Å². The molecule has 2 aromatic rings. The van der Waals surface area contributed by atoms with Crippen molar-refractivity contribution in [3.8, 4) is 0 Å². The van der Waals surface area contributed by atoms with E-state index in [0.29, 0.717) is 15.6 Å². The molecule has 0 radical (unpaired) electrons. The van der Waals surface area contributed by atoms with Crippen molar-refractivity contribution in [1.82, 2.24) is 5.43 Å². The summed E-state index contributed by atoms with van der Waals surface area (Å²) in [5.74, 6) is 4.63. The van der Waals surface area contributed by atoms with Gasteiger partial charge in [-0.3, -0.25) is 11.3 Å². The second kappa shape index (κ2) is 6.63. The van der Waals surface area contributed by atoms with Crippen molar-refractivity contribution in [2.75, 3.05) is 0 Å². The van der Waals surface area contributed by atoms with E-state index in [1.807, 2.05) is 0 Å². The van der Waals surface area contributed by atoms with E-state index >= 15 is 0 Å². The highest BCUT2D eigenvalue weighted by Crippen LogP contribution is 2.30. The summed E-state index contributed by atoms with van der Waals surface area (Å²) in [6.07, 6.45) is 0.140. The van der Waals surface area contributed by atoms with Crippen molar-refractivity contribution < 1.29 is 8.78 Å². The topological polar surface area (TPSA) is 38.0 Å². The van der Waals surface area contributed by atoms with Gasteiger partial charge in [-0.15, -0.1) is 0 Å². The van der Waals surface area contributed by atoms with Gasteiger partial charge < -0.3 is 0 Å². The number of hydrogen-bond acceptors (Lipinski definition) is 2. The Bertz CT molecular complexity index is 582. The second-order valence-electron chi connectivity index (χ2n) is 4.26. The summed E-state index contributed by atoms with van der Waals surface area (Å²) in [7, 11) is 0. The average Bonchev–Trinajstić information content (AvgIpc) is 2.40. The molecule has 2 nitrogen and oxygen atoms in total. The summed E-state index contributed by atoms with van der Waals surface area (Å²) in [5, 5.41) is 0.290. The zero-order chi connectivity index (χ0) is 14.7. The van der Waals surface area contributed by atoms with E-state index in [4.69, 9.17) is 17.4 Å². The number of nitrogens with one attached hydrogen (secondary N) is 1. The summed E-state index contributed by atoms with van der Waals surface area (Å²) < 4.78 is 28.3. The number of benzene rings is 2. The van der Waals surface area contributed by atoms with E-state index < -0.39 is 17.7 Å². The smallest absolute Gasteiger partial charge is 0.129 e. The third-order valence-electron chi connectivity index (χ3n) is 3.02. The van der Waals surface area contributed by atoms with Crippen LogP contribution in [0.15, 0.2) is 40.9 Å². The fourth-order valence-corrected chi connectivity index (χ4v) is 2.88. The van der Waals surface area contributed by atoms with E-state index in [0.717, 1.165) is 0 Å². The fraction of sp³-hybridized carbons (Fsp3) is 0.143. The standard InChI is InChI=1S/C14H12BrClF2N2/c15-9-3-1-6-12(18)14(9)13(20-19)7-8-10(16)4-2-5-11(8)17/h1-6,13,20H,7,19H2. The highest BCUT2D eigenvalue weighted by atomic mass is 79.9. The minimum absolute atomic E-state index is 0.140. The Balaban J connectivity index is 2.39. The Morgan fingerprint density at radius 1 is 1.15 bits per heavy atom. The van der Waals surface area contributed by atoms with E-state index in [9.17, 15) is 8.78 Å². The summed E-state index contributed by atoms with van der Waals surface area (Å²) >= 11 is 9.26. The minimum atomic E-state index is -0.597. The van der Waals surface area contributed by atoms with Crippen LogP contribution in [-0.2, 0) is 6.42 Å². The molecule has 106 valence electrons. The number of hydrazine groups is 1. The summed E-state index contributed by atoms with van der Waals surface area (Å²) in [5.41, 5.74) is 3.15. The minimum Gasteiger partial charge on any atom is -0.271 e. The molecule has 0 heterocycles. The zero-order valence-corrected chi connectivity index (χ0v) is 12.7. The van der Waals surface area contributed by atoms with E-state index in [2.05, 4.69) is 21.4 Å². The first kappa shape index (κ1) is 15.4. The molecule has 0 aromatic heterocycles. The number of hydrogen-bond donors (Lipinski definition) is 2. The highest BCUT2D eigenvalue weighted by molar-refractivity contribution is 9.10. The largest absolute Gasteiger partial charge is 0.271 e. The van der Waals surface area contributed by atoms with Crippen LogP contribution in [0.5, 0.6) is 0 Å². The van der Waals surface area contributed by atoms with E-state index in [1.54, 1.807) is 18.2 Å². The van der Waals surface area contributed by atoms with E-state index in [1.165, 1.54) is 18.2 Å². The van der Waals surface area contributed by atoms with Crippen LogP contribution in [0.2, 0.25) is 5.02 Å². The van der Waals surface area contributed by atoms with Gasteiger partial charge in [0.05, 0.1) is 6.04 Å². The number of halogens is 4. The molecule has 1 unspecified atom stereocenters. The third-order valence-corrected chi connectivity index (χ3v) is 4.06. The molecule has 0 saturated heterocycles. The summed E-state index contributed by atoms with van der Waals surface area (Å²) in [4.78, 5) is 0. The Morgan fingerprint density at radius 2 is 1.80 bits per heavy atom. The fourth-order valence-electron chi connectivity index (χ4n) is 2.02. The van der Waals surface area contributed by atoms with Gasteiger partial charge in [0.1, 0.15) is 11.6 Å². The molecule has 0 fully saturated rings. The van der Waals surface area contributed by atoms with Gasteiger partial charge in [0.25, 0.3) is 0 Å². The highest BCUT2D eigenvalue weighted by Gasteiger charge is 2.20. The van der Waals surface area contributed by atoms with Gasteiger partial charge in [-0.1, -0.05) is 39.7 Å². The molecule has 0 aliphatic carbocycles. The maximum Gasteiger partial charge on any atom is 0.129 e. The van der Waals surface area contributed by atoms with E-state index in [-0.39, 0.29) is 11.4 Å². The monoisotopic (exact) mass is 360 g/mol. The molecular weight excluding hydrogens is 350 g/mol. The molecular formula is C14H12BrClF2N2.